The normalized spacial score (nSPS) is 11.3. The summed E-state index contributed by atoms with van der Waals surface area (Å²) >= 11 is 0. The van der Waals surface area contributed by atoms with Gasteiger partial charge in [-0.3, -0.25) is 0 Å². The highest BCUT2D eigenvalue weighted by Gasteiger charge is 2.26. The van der Waals surface area contributed by atoms with Gasteiger partial charge in [0.1, 0.15) is 5.75 Å². The van der Waals surface area contributed by atoms with Crippen molar-refractivity contribution in [2.24, 2.45) is 0 Å². The van der Waals surface area contributed by atoms with Crippen molar-refractivity contribution in [1.82, 2.24) is 0 Å². The SMILES string of the molecule is Oc1c(-c2cc(-c3ccccc3)cc(-c3ccccc3)c2)cc2ccccc2c1-c1c(P(c2ccccc2)c2ccccc2)ccc2ccccc12. The fraction of sp³-hybridized carbons (Fsp3) is 0. The quantitative estimate of drug-likeness (QED) is 0.166. The van der Waals surface area contributed by atoms with E-state index < -0.39 is 7.92 Å². The molecule has 0 amide bonds. The van der Waals surface area contributed by atoms with Gasteiger partial charge in [-0.25, -0.2) is 0 Å². The number of rotatable bonds is 7. The fourth-order valence-corrected chi connectivity index (χ4v) is 9.95. The molecule has 0 aliphatic rings. The molecule has 0 saturated heterocycles. The van der Waals surface area contributed by atoms with Gasteiger partial charge in [0.05, 0.1) is 0 Å². The lowest BCUT2D eigenvalue weighted by atomic mass is 9.87. The van der Waals surface area contributed by atoms with Crippen LogP contribution in [0.4, 0.5) is 0 Å². The summed E-state index contributed by atoms with van der Waals surface area (Å²) in [5, 5.41) is 21.1. The second-order valence-electron chi connectivity index (χ2n) is 13.1. The smallest absolute Gasteiger partial charge is 0.131 e. The first-order valence-corrected chi connectivity index (χ1v) is 19.0. The van der Waals surface area contributed by atoms with Crippen molar-refractivity contribution in [2.45, 2.75) is 0 Å². The number of hydrogen-bond donors (Lipinski definition) is 1. The van der Waals surface area contributed by atoms with Crippen molar-refractivity contribution >= 4 is 45.4 Å². The summed E-state index contributed by atoms with van der Waals surface area (Å²) < 4.78 is 0. The Morgan fingerprint density at radius 2 is 0.769 bits per heavy atom. The standard InChI is InChI=1S/C50H35OP/c51-50-46(41-32-39(35-17-5-1-6-18-35)31-40(33-41)36-19-7-2-8-20-36)34-38-22-14-16-28-45(38)49(50)48-44-27-15-13-21-37(44)29-30-47(48)52(42-23-9-3-10-24-42)43-25-11-4-12-26-43/h1-34,51H. The van der Waals surface area contributed by atoms with Gasteiger partial charge in [-0.15, -0.1) is 0 Å². The minimum absolute atomic E-state index is 0.289. The molecule has 2 heteroatoms. The Hall–Kier alpha value is -6.27. The molecular formula is C50H35OP. The lowest BCUT2D eigenvalue weighted by Gasteiger charge is -2.25. The molecule has 0 aliphatic heterocycles. The van der Waals surface area contributed by atoms with Crippen LogP contribution in [0.2, 0.25) is 0 Å². The monoisotopic (exact) mass is 682 g/mol. The van der Waals surface area contributed by atoms with Crippen LogP contribution in [0.25, 0.3) is 66.1 Å². The maximum Gasteiger partial charge on any atom is 0.131 e. The molecule has 0 saturated carbocycles. The Morgan fingerprint density at radius 3 is 1.33 bits per heavy atom. The molecule has 9 rings (SSSR count). The largest absolute Gasteiger partial charge is 0.507 e. The third kappa shape index (κ3) is 5.86. The van der Waals surface area contributed by atoms with Crippen LogP contribution >= 0.6 is 7.92 Å². The number of phenols is 1. The van der Waals surface area contributed by atoms with Crippen molar-refractivity contribution in [3.63, 3.8) is 0 Å². The number of phenolic OH excluding ortho intramolecular Hbond substituents is 1. The zero-order valence-electron chi connectivity index (χ0n) is 28.5. The first-order valence-electron chi connectivity index (χ1n) is 17.7. The molecule has 0 heterocycles. The van der Waals surface area contributed by atoms with Crippen molar-refractivity contribution < 1.29 is 5.11 Å². The Kier molecular flexibility index (Phi) is 8.41. The van der Waals surface area contributed by atoms with E-state index in [9.17, 15) is 5.11 Å². The van der Waals surface area contributed by atoms with Crippen LogP contribution in [0, 0.1) is 0 Å². The van der Waals surface area contributed by atoms with Crippen molar-refractivity contribution in [3.8, 4) is 50.3 Å². The summed E-state index contributed by atoms with van der Waals surface area (Å²) in [4.78, 5) is 0. The predicted molar refractivity (Wildman–Crippen MR) is 224 cm³/mol. The van der Waals surface area contributed by atoms with Gasteiger partial charge < -0.3 is 5.11 Å². The third-order valence-corrected chi connectivity index (χ3v) is 12.4. The van der Waals surface area contributed by atoms with E-state index in [1.54, 1.807) is 0 Å². The number of hydrogen-bond acceptors (Lipinski definition) is 1. The van der Waals surface area contributed by atoms with Crippen LogP contribution in [0.5, 0.6) is 5.75 Å². The highest BCUT2D eigenvalue weighted by Crippen LogP contribution is 2.49. The molecule has 0 aliphatic carbocycles. The second-order valence-corrected chi connectivity index (χ2v) is 15.3. The molecule has 1 nitrogen and oxygen atoms in total. The third-order valence-electron chi connectivity index (χ3n) is 9.91. The van der Waals surface area contributed by atoms with E-state index in [0.717, 1.165) is 66.1 Å². The number of aromatic hydroxyl groups is 1. The van der Waals surface area contributed by atoms with Crippen molar-refractivity contribution in [1.29, 1.82) is 0 Å². The molecule has 0 bridgehead atoms. The Morgan fingerprint density at radius 1 is 0.327 bits per heavy atom. The van der Waals surface area contributed by atoms with Crippen molar-refractivity contribution in [3.05, 3.63) is 206 Å². The van der Waals surface area contributed by atoms with Crippen LogP contribution in [0.3, 0.4) is 0 Å². The molecule has 9 aromatic carbocycles. The molecule has 0 unspecified atom stereocenters. The summed E-state index contributed by atoms with van der Waals surface area (Å²) in [5.74, 6) is 0.289. The van der Waals surface area contributed by atoms with Gasteiger partial charge in [0.2, 0.25) is 0 Å². The van der Waals surface area contributed by atoms with Gasteiger partial charge in [-0.1, -0.05) is 182 Å². The minimum Gasteiger partial charge on any atom is -0.507 e. The zero-order chi connectivity index (χ0) is 34.9. The van der Waals surface area contributed by atoms with Gasteiger partial charge >= 0.3 is 0 Å². The second kappa shape index (κ2) is 13.8. The fourth-order valence-electron chi connectivity index (χ4n) is 7.48. The summed E-state index contributed by atoms with van der Waals surface area (Å²) in [6, 6.07) is 73.2. The maximum absolute atomic E-state index is 12.9. The van der Waals surface area contributed by atoms with Gasteiger partial charge in [0.25, 0.3) is 0 Å². The van der Waals surface area contributed by atoms with E-state index in [2.05, 4.69) is 194 Å². The Balaban J connectivity index is 1.38. The topological polar surface area (TPSA) is 20.2 Å². The molecule has 9 aromatic rings. The molecule has 0 aromatic heterocycles. The number of benzene rings is 9. The van der Waals surface area contributed by atoms with Crippen molar-refractivity contribution in [2.75, 3.05) is 0 Å². The van der Waals surface area contributed by atoms with E-state index in [4.69, 9.17) is 0 Å². The lowest BCUT2D eigenvalue weighted by Crippen LogP contribution is -2.22. The minimum atomic E-state index is -0.977. The van der Waals surface area contributed by atoms with Gasteiger partial charge in [-0.2, -0.15) is 0 Å². The summed E-state index contributed by atoms with van der Waals surface area (Å²) in [7, 11) is -0.977. The zero-order valence-corrected chi connectivity index (χ0v) is 29.4. The lowest BCUT2D eigenvalue weighted by molar-refractivity contribution is 0.480. The molecule has 1 N–H and O–H groups in total. The van der Waals surface area contributed by atoms with Gasteiger partial charge in [-0.05, 0) is 97.5 Å². The number of fused-ring (bicyclic) bond motifs is 2. The van der Waals surface area contributed by atoms with Crippen LogP contribution in [0.15, 0.2) is 206 Å². The molecule has 0 radical (unpaired) electrons. The molecular weight excluding hydrogens is 648 g/mol. The molecule has 0 fully saturated rings. The molecule has 0 atom stereocenters. The van der Waals surface area contributed by atoms with Gasteiger partial charge in [0.15, 0.2) is 0 Å². The molecule has 52 heavy (non-hydrogen) atoms. The maximum atomic E-state index is 12.9. The van der Waals surface area contributed by atoms with Crippen LogP contribution in [-0.4, -0.2) is 5.11 Å². The van der Waals surface area contributed by atoms with Gasteiger partial charge in [0, 0.05) is 16.7 Å². The highest BCUT2D eigenvalue weighted by molar-refractivity contribution is 7.80. The van der Waals surface area contributed by atoms with E-state index in [1.165, 1.54) is 15.9 Å². The Bertz CT molecular complexity index is 2570. The average Bonchev–Trinajstić information content (AvgIpc) is 3.22. The first kappa shape index (κ1) is 31.7. The summed E-state index contributed by atoms with van der Waals surface area (Å²) in [5.41, 5.74) is 8.21. The summed E-state index contributed by atoms with van der Waals surface area (Å²) in [6.45, 7) is 0. The first-order chi connectivity index (χ1) is 25.7. The highest BCUT2D eigenvalue weighted by atomic mass is 31.1. The van der Waals surface area contributed by atoms with E-state index in [0.29, 0.717) is 0 Å². The predicted octanol–water partition coefficient (Wildman–Crippen LogP) is 12.1. The van der Waals surface area contributed by atoms with E-state index in [1.807, 2.05) is 12.1 Å². The van der Waals surface area contributed by atoms with E-state index >= 15 is 0 Å². The summed E-state index contributed by atoms with van der Waals surface area (Å²) in [6.07, 6.45) is 0. The Labute approximate surface area is 305 Å². The average molecular weight is 683 g/mol. The van der Waals surface area contributed by atoms with E-state index in [-0.39, 0.29) is 5.75 Å². The van der Waals surface area contributed by atoms with Crippen LogP contribution in [-0.2, 0) is 0 Å². The van der Waals surface area contributed by atoms with Crippen LogP contribution < -0.4 is 15.9 Å². The molecule has 0 spiro atoms. The van der Waals surface area contributed by atoms with Crippen LogP contribution in [0.1, 0.15) is 0 Å². The molecule has 246 valence electrons.